The van der Waals surface area contributed by atoms with E-state index in [1.807, 2.05) is 37.2 Å². The number of piperazine rings is 1. The van der Waals surface area contributed by atoms with E-state index >= 15 is 0 Å². The molecule has 0 atom stereocenters. The molecule has 3 aromatic heterocycles. The van der Waals surface area contributed by atoms with Crippen LogP contribution in [0.3, 0.4) is 0 Å². The lowest BCUT2D eigenvalue weighted by Crippen LogP contribution is -2.50. The number of benzene rings is 1. The van der Waals surface area contributed by atoms with Gasteiger partial charge in [0.15, 0.2) is 16.4 Å². The van der Waals surface area contributed by atoms with Gasteiger partial charge in [0.05, 0.1) is 0 Å². The van der Waals surface area contributed by atoms with Gasteiger partial charge in [0, 0.05) is 46.0 Å². The molecule has 1 saturated heterocycles. The minimum Gasteiger partial charge on any atom is -0.368 e. The third-order valence-electron chi connectivity index (χ3n) is 5.39. The normalized spacial score (nSPS) is 14.5. The second kappa shape index (κ2) is 7.65. The van der Waals surface area contributed by atoms with Crippen molar-refractivity contribution in [2.24, 2.45) is 0 Å². The standard InChI is InChI=1S/C20H22N8O2S/c1-24(2)19-22-17-16(31-19)18-23-28(20(30)27(18)13-21-17)12-15(29)26-10-8-25(9-11-26)14-6-4-3-5-7-14/h3-7,13H,8-12H2,1-2H3. The molecule has 10 nitrogen and oxygen atoms in total. The van der Waals surface area contributed by atoms with Gasteiger partial charge in [0.25, 0.3) is 0 Å². The van der Waals surface area contributed by atoms with Gasteiger partial charge in [-0.25, -0.2) is 18.9 Å². The second-order valence-electron chi connectivity index (χ2n) is 7.63. The Balaban J connectivity index is 1.34. The lowest BCUT2D eigenvalue weighted by Gasteiger charge is -2.36. The molecule has 31 heavy (non-hydrogen) atoms. The van der Waals surface area contributed by atoms with Crippen LogP contribution in [0, 0.1) is 0 Å². The third kappa shape index (κ3) is 3.50. The quantitative estimate of drug-likeness (QED) is 0.468. The number of nitrogens with zero attached hydrogens (tertiary/aromatic N) is 8. The Bertz CT molecular complexity index is 1300. The largest absolute Gasteiger partial charge is 0.368 e. The molecule has 0 bridgehead atoms. The number of amides is 1. The number of anilines is 2. The highest BCUT2D eigenvalue weighted by atomic mass is 32.1. The SMILES string of the molecule is CN(C)c1nc2ncn3c(=O)n(CC(=O)N4CCN(c5ccccc5)CC4)nc3c2s1. The Kier molecular flexibility index (Phi) is 4.81. The number of thiazole rings is 1. The number of carbonyl (C=O) groups excluding carboxylic acids is 1. The average Bonchev–Trinajstić information content (AvgIpc) is 3.36. The topological polar surface area (TPSA) is 91.9 Å². The van der Waals surface area contributed by atoms with Gasteiger partial charge < -0.3 is 14.7 Å². The van der Waals surface area contributed by atoms with Crippen LogP contribution in [0.15, 0.2) is 41.5 Å². The molecule has 1 amide bonds. The minimum absolute atomic E-state index is 0.0906. The molecule has 0 N–H and O–H groups in total. The summed E-state index contributed by atoms with van der Waals surface area (Å²) >= 11 is 1.42. The Labute approximate surface area is 182 Å². The number of aromatic nitrogens is 5. The highest BCUT2D eigenvalue weighted by Gasteiger charge is 2.23. The van der Waals surface area contributed by atoms with E-state index in [4.69, 9.17) is 0 Å². The molecule has 160 valence electrons. The molecule has 4 aromatic rings. The molecular formula is C20H22N8O2S. The summed E-state index contributed by atoms with van der Waals surface area (Å²) in [6, 6.07) is 10.2. The number of para-hydroxylation sites is 1. The molecule has 1 aromatic carbocycles. The molecule has 0 aliphatic carbocycles. The molecule has 4 heterocycles. The lowest BCUT2D eigenvalue weighted by molar-refractivity contribution is -0.132. The Hall–Kier alpha value is -3.47. The Morgan fingerprint density at radius 2 is 1.87 bits per heavy atom. The van der Waals surface area contributed by atoms with Crippen molar-refractivity contribution in [1.29, 1.82) is 0 Å². The number of hydrogen-bond acceptors (Lipinski definition) is 8. The average molecular weight is 439 g/mol. The second-order valence-corrected chi connectivity index (χ2v) is 8.60. The van der Waals surface area contributed by atoms with E-state index in [9.17, 15) is 9.59 Å². The summed E-state index contributed by atoms with van der Waals surface area (Å²) in [6.07, 6.45) is 1.42. The monoisotopic (exact) mass is 438 g/mol. The van der Waals surface area contributed by atoms with Crippen LogP contribution in [-0.4, -0.2) is 75.2 Å². The molecule has 0 saturated carbocycles. The number of rotatable bonds is 4. The fraction of sp³-hybridized carbons (Fsp3) is 0.350. The van der Waals surface area contributed by atoms with Gasteiger partial charge in [0.1, 0.15) is 17.6 Å². The molecular weight excluding hydrogens is 416 g/mol. The summed E-state index contributed by atoms with van der Waals surface area (Å²) in [5, 5.41) is 5.21. The Morgan fingerprint density at radius 3 is 2.58 bits per heavy atom. The predicted octanol–water partition coefficient (Wildman–Crippen LogP) is 0.915. The van der Waals surface area contributed by atoms with Crippen molar-refractivity contribution in [3.8, 4) is 0 Å². The van der Waals surface area contributed by atoms with Gasteiger partial charge in [-0.05, 0) is 12.1 Å². The zero-order chi connectivity index (χ0) is 21.5. The van der Waals surface area contributed by atoms with E-state index in [2.05, 4.69) is 32.1 Å². The van der Waals surface area contributed by atoms with Gasteiger partial charge in [-0.2, -0.15) is 4.98 Å². The summed E-state index contributed by atoms with van der Waals surface area (Å²) < 4.78 is 3.32. The van der Waals surface area contributed by atoms with Crippen molar-refractivity contribution in [2.75, 3.05) is 50.1 Å². The van der Waals surface area contributed by atoms with Crippen LogP contribution in [0.2, 0.25) is 0 Å². The maximum absolute atomic E-state index is 12.9. The van der Waals surface area contributed by atoms with Gasteiger partial charge >= 0.3 is 5.69 Å². The van der Waals surface area contributed by atoms with Crippen LogP contribution in [0.5, 0.6) is 0 Å². The van der Waals surface area contributed by atoms with Crippen molar-refractivity contribution in [2.45, 2.75) is 6.54 Å². The van der Waals surface area contributed by atoms with Crippen LogP contribution in [0.25, 0.3) is 16.0 Å². The molecule has 11 heteroatoms. The van der Waals surface area contributed by atoms with Crippen LogP contribution in [-0.2, 0) is 11.3 Å². The van der Waals surface area contributed by atoms with Crippen molar-refractivity contribution >= 4 is 44.1 Å². The van der Waals surface area contributed by atoms with E-state index in [-0.39, 0.29) is 18.1 Å². The van der Waals surface area contributed by atoms with Crippen molar-refractivity contribution in [3.05, 3.63) is 47.1 Å². The minimum atomic E-state index is -0.375. The Morgan fingerprint density at radius 1 is 1.13 bits per heavy atom. The first-order valence-corrected chi connectivity index (χ1v) is 10.8. The van der Waals surface area contributed by atoms with Crippen molar-refractivity contribution < 1.29 is 4.79 Å². The van der Waals surface area contributed by atoms with Crippen LogP contribution >= 0.6 is 11.3 Å². The lowest BCUT2D eigenvalue weighted by atomic mass is 10.2. The smallest absolute Gasteiger partial charge is 0.352 e. The zero-order valence-corrected chi connectivity index (χ0v) is 18.1. The summed E-state index contributed by atoms with van der Waals surface area (Å²) in [5.41, 5.74) is 1.80. The van der Waals surface area contributed by atoms with Gasteiger partial charge in [-0.1, -0.05) is 29.5 Å². The molecule has 0 unspecified atom stereocenters. The molecule has 1 aliphatic rings. The van der Waals surface area contributed by atoms with Crippen LogP contribution in [0.1, 0.15) is 0 Å². The predicted molar refractivity (Wildman–Crippen MR) is 120 cm³/mol. The fourth-order valence-corrected chi connectivity index (χ4v) is 4.62. The van der Waals surface area contributed by atoms with E-state index in [1.54, 1.807) is 4.90 Å². The molecule has 5 rings (SSSR count). The first-order chi connectivity index (χ1) is 15.0. The molecule has 1 fully saturated rings. The highest BCUT2D eigenvalue weighted by molar-refractivity contribution is 7.22. The number of hydrogen-bond donors (Lipinski definition) is 0. The highest BCUT2D eigenvalue weighted by Crippen LogP contribution is 2.28. The summed E-state index contributed by atoms with van der Waals surface area (Å²) in [7, 11) is 3.80. The fourth-order valence-electron chi connectivity index (χ4n) is 3.70. The van der Waals surface area contributed by atoms with Gasteiger partial charge in [0.2, 0.25) is 5.91 Å². The van der Waals surface area contributed by atoms with Crippen molar-refractivity contribution in [1.82, 2.24) is 29.0 Å². The summed E-state index contributed by atoms with van der Waals surface area (Å²) in [5.74, 6) is -0.110. The molecule has 0 spiro atoms. The molecule has 0 radical (unpaired) electrons. The van der Waals surface area contributed by atoms with E-state index < -0.39 is 0 Å². The summed E-state index contributed by atoms with van der Waals surface area (Å²) in [4.78, 5) is 40.3. The van der Waals surface area contributed by atoms with Crippen LogP contribution in [0.4, 0.5) is 10.8 Å². The maximum atomic E-state index is 12.9. The first kappa shape index (κ1) is 19.5. The van der Waals surface area contributed by atoms with E-state index in [0.717, 1.165) is 28.6 Å². The van der Waals surface area contributed by atoms with Gasteiger partial charge in [-0.3, -0.25) is 4.79 Å². The third-order valence-corrected chi connectivity index (χ3v) is 6.60. The summed E-state index contributed by atoms with van der Waals surface area (Å²) in [6.45, 7) is 2.65. The number of fused-ring (bicyclic) bond motifs is 3. The molecule has 1 aliphatic heterocycles. The van der Waals surface area contributed by atoms with Crippen molar-refractivity contribution in [3.63, 3.8) is 0 Å². The van der Waals surface area contributed by atoms with E-state index in [1.165, 1.54) is 26.7 Å². The first-order valence-electron chi connectivity index (χ1n) is 10.0. The van der Waals surface area contributed by atoms with Crippen LogP contribution < -0.4 is 15.5 Å². The van der Waals surface area contributed by atoms with Gasteiger partial charge in [-0.15, -0.1) is 5.10 Å². The maximum Gasteiger partial charge on any atom is 0.352 e. The van der Waals surface area contributed by atoms with E-state index in [0.29, 0.717) is 24.4 Å². The number of carbonyl (C=O) groups is 1. The zero-order valence-electron chi connectivity index (χ0n) is 17.3.